The summed E-state index contributed by atoms with van der Waals surface area (Å²) in [4.78, 5) is 23.6. The molecule has 7 heteroatoms. The number of hydrogen-bond donors (Lipinski definition) is 5. The van der Waals surface area contributed by atoms with Crippen molar-refractivity contribution in [3.05, 3.63) is 12.2 Å². The van der Waals surface area contributed by atoms with Crippen molar-refractivity contribution >= 4 is 11.8 Å². The fourth-order valence-corrected chi connectivity index (χ4v) is 2.13. The number of rotatable bonds is 6. The second-order valence-electron chi connectivity index (χ2n) is 5.90. The quantitative estimate of drug-likeness (QED) is 0.406. The van der Waals surface area contributed by atoms with Crippen LogP contribution in [0.5, 0.6) is 0 Å². The van der Waals surface area contributed by atoms with E-state index in [-0.39, 0.29) is 11.8 Å². The van der Waals surface area contributed by atoms with Crippen LogP contribution in [0.2, 0.25) is 0 Å². The smallest absolute Gasteiger partial charge is 0.252 e. The van der Waals surface area contributed by atoms with Gasteiger partial charge in [0.25, 0.3) is 5.91 Å². The zero-order chi connectivity index (χ0) is 16.7. The molecule has 22 heavy (non-hydrogen) atoms. The third kappa shape index (κ3) is 5.75. The maximum Gasteiger partial charge on any atom is 0.252 e. The lowest BCUT2D eigenvalue weighted by Gasteiger charge is -2.23. The van der Waals surface area contributed by atoms with E-state index in [4.69, 9.17) is 0 Å². The van der Waals surface area contributed by atoms with Gasteiger partial charge in [0.05, 0.1) is 0 Å². The van der Waals surface area contributed by atoms with Gasteiger partial charge in [-0.1, -0.05) is 26.0 Å². The summed E-state index contributed by atoms with van der Waals surface area (Å²) in [6.07, 6.45) is 0.291. The summed E-state index contributed by atoms with van der Waals surface area (Å²) in [7, 11) is 0. The zero-order valence-electron chi connectivity index (χ0n) is 13.0. The Morgan fingerprint density at radius 1 is 1.27 bits per heavy atom. The zero-order valence-corrected chi connectivity index (χ0v) is 13.0. The van der Waals surface area contributed by atoms with Crippen LogP contribution in [0.25, 0.3) is 0 Å². The number of allylic oxidation sites excluding steroid dienone is 1. The van der Waals surface area contributed by atoms with Crippen molar-refractivity contribution in [1.82, 2.24) is 10.6 Å². The Balaban J connectivity index is 2.57. The van der Waals surface area contributed by atoms with E-state index < -0.39 is 30.3 Å². The van der Waals surface area contributed by atoms with E-state index in [2.05, 4.69) is 10.6 Å². The molecule has 0 aromatic carbocycles. The molecule has 2 amide bonds. The molecule has 0 saturated carbocycles. The Labute approximate surface area is 130 Å². The molecule has 1 fully saturated rings. The first kappa shape index (κ1) is 18.6. The van der Waals surface area contributed by atoms with Crippen molar-refractivity contribution in [3.63, 3.8) is 0 Å². The number of carbonyl (C=O) groups excluding carboxylic acids is 2. The third-order valence-corrected chi connectivity index (χ3v) is 3.49. The van der Waals surface area contributed by atoms with E-state index >= 15 is 0 Å². The van der Waals surface area contributed by atoms with Crippen LogP contribution >= 0.6 is 0 Å². The van der Waals surface area contributed by atoms with Gasteiger partial charge < -0.3 is 26.0 Å². The first-order valence-corrected chi connectivity index (χ1v) is 7.63. The van der Waals surface area contributed by atoms with Crippen LogP contribution in [-0.4, -0.2) is 58.0 Å². The maximum absolute atomic E-state index is 11.9. The molecule has 0 radical (unpaired) electrons. The highest BCUT2D eigenvalue weighted by atomic mass is 16.4. The monoisotopic (exact) mass is 314 g/mol. The van der Waals surface area contributed by atoms with Gasteiger partial charge in [0.1, 0.15) is 18.2 Å². The van der Waals surface area contributed by atoms with Crippen LogP contribution in [0, 0.1) is 5.92 Å². The minimum atomic E-state index is -1.80. The van der Waals surface area contributed by atoms with E-state index in [1.165, 1.54) is 6.08 Å². The van der Waals surface area contributed by atoms with Crippen molar-refractivity contribution in [2.24, 2.45) is 5.92 Å². The van der Waals surface area contributed by atoms with Gasteiger partial charge in [-0.25, -0.2) is 0 Å². The summed E-state index contributed by atoms with van der Waals surface area (Å²) >= 11 is 0. The molecule has 5 N–H and O–H groups in total. The molecule has 0 unspecified atom stereocenters. The second kappa shape index (κ2) is 8.87. The van der Waals surface area contributed by atoms with E-state index in [1.807, 2.05) is 13.8 Å². The summed E-state index contributed by atoms with van der Waals surface area (Å²) in [5.74, 6) is -0.998. The fraction of sp³-hybridized carbons (Fsp3) is 0.733. The summed E-state index contributed by atoms with van der Waals surface area (Å²) in [5.41, 5.74) is 0. The number of carbonyl (C=O) groups is 2. The van der Waals surface area contributed by atoms with Gasteiger partial charge in [-0.15, -0.1) is 0 Å². The van der Waals surface area contributed by atoms with E-state index in [1.54, 1.807) is 6.08 Å². The highest BCUT2D eigenvalue weighted by molar-refractivity contribution is 5.89. The summed E-state index contributed by atoms with van der Waals surface area (Å²) in [6.45, 7) is 4.35. The minimum Gasteiger partial charge on any atom is -0.387 e. The second-order valence-corrected chi connectivity index (χ2v) is 5.90. The number of nitrogens with one attached hydrogen (secondary N) is 2. The van der Waals surface area contributed by atoms with Crippen molar-refractivity contribution < 1.29 is 24.9 Å². The standard InChI is InChI=1S/C15H26N2O5/c1-9(2)6-7-11(18)12(19)13(20)15(22)17-10-5-3-4-8-16-14(10)21/h6-7,9-13,18-20H,3-5,8H2,1-2H3,(H,16,21)(H,17,22)/b7-6+/t10-,11-,12-,13+/m0/s1. The summed E-state index contributed by atoms with van der Waals surface area (Å²) < 4.78 is 0. The molecule has 0 aromatic heterocycles. The van der Waals surface area contributed by atoms with Gasteiger partial charge in [-0.3, -0.25) is 9.59 Å². The molecule has 1 saturated heterocycles. The third-order valence-electron chi connectivity index (χ3n) is 3.49. The molecule has 1 heterocycles. The highest BCUT2D eigenvalue weighted by Gasteiger charge is 2.32. The predicted molar refractivity (Wildman–Crippen MR) is 80.8 cm³/mol. The lowest BCUT2D eigenvalue weighted by molar-refractivity contribution is -0.141. The Hall–Kier alpha value is -1.44. The highest BCUT2D eigenvalue weighted by Crippen LogP contribution is 2.08. The van der Waals surface area contributed by atoms with Crippen LogP contribution in [0.1, 0.15) is 33.1 Å². The molecule has 7 nitrogen and oxygen atoms in total. The Bertz CT molecular complexity index is 411. The van der Waals surface area contributed by atoms with Gasteiger partial charge >= 0.3 is 0 Å². The maximum atomic E-state index is 11.9. The van der Waals surface area contributed by atoms with Crippen LogP contribution in [0.15, 0.2) is 12.2 Å². The molecule has 0 aliphatic carbocycles. The average Bonchev–Trinajstić information content (AvgIpc) is 2.68. The average molecular weight is 314 g/mol. The van der Waals surface area contributed by atoms with Gasteiger partial charge in [-0.2, -0.15) is 0 Å². The SMILES string of the molecule is CC(C)/C=C/[C@H](O)[C@H](O)[C@@H](O)C(=O)N[C@H]1CCCCNC1=O. The predicted octanol–water partition coefficient (Wildman–Crippen LogP) is -0.934. The lowest BCUT2D eigenvalue weighted by Crippen LogP contribution is -2.53. The minimum absolute atomic E-state index is 0.169. The Kier molecular flexibility index (Phi) is 7.50. The van der Waals surface area contributed by atoms with E-state index in [0.29, 0.717) is 13.0 Å². The lowest BCUT2D eigenvalue weighted by atomic mass is 10.0. The van der Waals surface area contributed by atoms with Gasteiger partial charge in [-0.05, 0) is 25.2 Å². The fourth-order valence-electron chi connectivity index (χ4n) is 2.13. The summed E-state index contributed by atoms with van der Waals surface area (Å²) in [6, 6.07) is -0.722. The molecule has 126 valence electrons. The number of aliphatic hydroxyl groups is 3. The molecule has 1 aliphatic heterocycles. The normalized spacial score (nSPS) is 23.7. The van der Waals surface area contributed by atoms with Crippen molar-refractivity contribution in [2.45, 2.75) is 57.5 Å². The number of hydrogen-bond acceptors (Lipinski definition) is 5. The largest absolute Gasteiger partial charge is 0.387 e. The number of amides is 2. The molecule has 1 aliphatic rings. The van der Waals surface area contributed by atoms with Crippen molar-refractivity contribution in [3.8, 4) is 0 Å². The van der Waals surface area contributed by atoms with Gasteiger partial charge in [0, 0.05) is 6.54 Å². The van der Waals surface area contributed by atoms with Crippen molar-refractivity contribution in [1.29, 1.82) is 0 Å². The number of aliphatic hydroxyl groups excluding tert-OH is 3. The molecular formula is C15H26N2O5. The molecule has 0 spiro atoms. The van der Waals surface area contributed by atoms with Crippen LogP contribution in [0.4, 0.5) is 0 Å². The molecule has 0 bridgehead atoms. The van der Waals surface area contributed by atoms with E-state index in [9.17, 15) is 24.9 Å². The summed E-state index contributed by atoms with van der Waals surface area (Å²) in [5, 5.41) is 34.4. The topological polar surface area (TPSA) is 119 Å². The Morgan fingerprint density at radius 3 is 2.59 bits per heavy atom. The van der Waals surface area contributed by atoms with Crippen molar-refractivity contribution in [2.75, 3.05) is 6.54 Å². The van der Waals surface area contributed by atoms with Crippen LogP contribution in [-0.2, 0) is 9.59 Å². The van der Waals surface area contributed by atoms with E-state index in [0.717, 1.165) is 12.8 Å². The molecular weight excluding hydrogens is 288 g/mol. The first-order chi connectivity index (χ1) is 10.3. The molecule has 1 rings (SSSR count). The van der Waals surface area contributed by atoms with Gasteiger partial charge in [0.2, 0.25) is 5.91 Å². The first-order valence-electron chi connectivity index (χ1n) is 7.63. The Morgan fingerprint density at radius 2 is 1.95 bits per heavy atom. The van der Waals surface area contributed by atoms with Crippen LogP contribution in [0.3, 0.4) is 0 Å². The van der Waals surface area contributed by atoms with Crippen LogP contribution < -0.4 is 10.6 Å². The molecule has 0 aromatic rings. The molecule has 4 atom stereocenters. The van der Waals surface area contributed by atoms with Gasteiger partial charge in [0.15, 0.2) is 6.10 Å².